The third kappa shape index (κ3) is 2.21. The van der Waals surface area contributed by atoms with Gasteiger partial charge in [0.05, 0.1) is 29.7 Å². The van der Waals surface area contributed by atoms with Crippen molar-refractivity contribution in [2.24, 2.45) is 0 Å². The maximum absolute atomic E-state index is 11.6. The number of H-pyrrole nitrogens is 1. The molecule has 1 aliphatic heterocycles. The van der Waals surface area contributed by atoms with Gasteiger partial charge in [0.2, 0.25) is 0 Å². The minimum absolute atomic E-state index is 0.178. The number of carbonyl (C=O) groups excluding carboxylic acids is 2. The highest BCUT2D eigenvalue weighted by Gasteiger charge is 2.35. The molecular formula is C10H9NO5S2. The van der Waals surface area contributed by atoms with Gasteiger partial charge < -0.3 is 14.5 Å². The van der Waals surface area contributed by atoms with Crippen molar-refractivity contribution in [1.29, 1.82) is 0 Å². The molecule has 0 amide bonds. The highest BCUT2D eigenvalue weighted by atomic mass is 32.2. The second kappa shape index (κ2) is 4.99. The van der Waals surface area contributed by atoms with Gasteiger partial charge in [0, 0.05) is 0 Å². The predicted molar refractivity (Wildman–Crippen MR) is 66.6 cm³/mol. The molecule has 2 rings (SSSR count). The number of thioether (sulfide) groups is 1. The van der Waals surface area contributed by atoms with Gasteiger partial charge in [-0.05, 0) is 6.08 Å². The molecule has 8 heteroatoms. The second-order valence-electron chi connectivity index (χ2n) is 3.32. The molecule has 1 atom stereocenters. The molecule has 0 bridgehead atoms. The van der Waals surface area contributed by atoms with Crippen LogP contribution >= 0.6 is 23.1 Å². The van der Waals surface area contributed by atoms with Crippen molar-refractivity contribution < 1.29 is 19.1 Å². The van der Waals surface area contributed by atoms with Gasteiger partial charge in [0.25, 0.3) is 0 Å². The lowest BCUT2D eigenvalue weighted by molar-refractivity contribution is -0.142. The average Bonchev–Trinajstić information content (AvgIpc) is 2.74. The van der Waals surface area contributed by atoms with Crippen molar-refractivity contribution >= 4 is 41.1 Å². The Bertz CT molecular complexity index is 585. The molecule has 1 aromatic heterocycles. The molecular weight excluding hydrogens is 278 g/mol. The summed E-state index contributed by atoms with van der Waals surface area (Å²) in [5, 5.41) is -0.256. The third-order valence-electron chi connectivity index (χ3n) is 2.28. The van der Waals surface area contributed by atoms with E-state index in [0.29, 0.717) is 9.90 Å². The smallest absolute Gasteiger partial charge is 0.335 e. The van der Waals surface area contributed by atoms with E-state index >= 15 is 0 Å². The molecule has 1 aromatic rings. The van der Waals surface area contributed by atoms with Crippen LogP contribution in [0.3, 0.4) is 0 Å². The number of fused-ring (bicyclic) bond motifs is 1. The van der Waals surface area contributed by atoms with Crippen LogP contribution in [0.25, 0.3) is 6.08 Å². The molecule has 0 saturated heterocycles. The Morgan fingerprint density at radius 2 is 2.06 bits per heavy atom. The summed E-state index contributed by atoms with van der Waals surface area (Å²) in [7, 11) is 2.47. The van der Waals surface area contributed by atoms with Gasteiger partial charge in [-0.15, -0.1) is 0 Å². The number of ether oxygens (including phenoxy) is 2. The third-order valence-corrected chi connectivity index (χ3v) is 4.48. The number of methoxy groups -OCH3 is 2. The first-order valence-electron chi connectivity index (χ1n) is 4.84. The Labute approximate surface area is 110 Å². The van der Waals surface area contributed by atoms with Gasteiger partial charge in [-0.3, -0.25) is 9.59 Å². The van der Waals surface area contributed by atoms with Crippen molar-refractivity contribution in [2.45, 2.75) is 10.3 Å². The fourth-order valence-corrected chi connectivity index (χ4v) is 3.54. The van der Waals surface area contributed by atoms with Crippen LogP contribution in [0.2, 0.25) is 0 Å². The van der Waals surface area contributed by atoms with Crippen LogP contribution in [0.15, 0.2) is 15.4 Å². The van der Waals surface area contributed by atoms with Gasteiger partial charge in [-0.1, -0.05) is 23.1 Å². The molecule has 0 unspecified atom stereocenters. The normalized spacial score (nSPS) is 17.7. The van der Waals surface area contributed by atoms with Crippen LogP contribution in [0.1, 0.15) is 4.88 Å². The molecule has 0 aromatic carbocycles. The standard InChI is InChI=1S/C10H9NO5S2/c1-15-8(12)4-3-5-7(11-10(14)17-5)18-6(4)9(13)16-2/h3,6H,1-2H3,(H,11,14)/t6-/m0/s1. The molecule has 2 heterocycles. The molecule has 96 valence electrons. The lowest BCUT2D eigenvalue weighted by atomic mass is 10.1. The van der Waals surface area contributed by atoms with Gasteiger partial charge in [-0.25, -0.2) is 4.79 Å². The molecule has 0 spiro atoms. The maximum atomic E-state index is 11.6. The summed E-state index contributed by atoms with van der Waals surface area (Å²) >= 11 is 2.05. The largest absolute Gasteiger partial charge is 0.468 e. The van der Waals surface area contributed by atoms with E-state index in [4.69, 9.17) is 0 Å². The number of aromatic amines is 1. The summed E-state index contributed by atoms with van der Waals surface area (Å²) in [5.41, 5.74) is 0.178. The van der Waals surface area contributed by atoms with E-state index in [1.165, 1.54) is 20.3 Å². The van der Waals surface area contributed by atoms with Gasteiger partial charge >= 0.3 is 16.8 Å². The summed E-state index contributed by atoms with van der Waals surface area (Å²) in [6.45, 7) is 0. The molecule has 18 heavy (non-hydrogen) atoms. The number of thiazole rings is 1. The van der Waals surface area contributed by atoms with Crippen LogP contribution < -0.4 is 4.87 Å². The highest BCUT2D eigenvalue weighted by Crippen LogP contribution is 2.38. The summed E-state index contributed by atoms with van der Waals surface area (Å²) in [5.74, 6) is -1.17. The summed E-state index contributed by atoms with van der Waals surface area (Å²) in [6.07, 6.45) is 1.49. The number of rotatable bonds is 2. The topological polar surface area (TPSA) is 85.5 Å². The molecule has 0 saturated carbocycles. The predicted octanol–water partition coefficient (Wildman–Crippen LogP) is 0.640. The van der Waals surface area contributed by atoms with Crippen LogP contribution in [0.5, 0.6) is 0 Å². The summed E-state index contributed by atoms with van der Waals surface area (Å²) in [4.78, 5) is 37.5. The van der Waals surface area contributed by atoms with Gasteiger partial charge in [0.15, 0.2) is 0 Å². The minimum atomic E-state index is -0.819. The zero-order chi connectivity index (χ0) is 13.3. The van der Waals surface area contributed by atoms with Crippen molar-refractivity contribution in [3.63, 3.8) is 0 Å². The Morgan fingerprint density at radius 1 is 1.33 bits per heavy atom. The molecule has 1 aliphatic rings. The SMILES string of the molecule is COC(=O)C1=Cc2sc(=O)[nH]c2S[C@@H]1C(=O)OC. The monoisotopic (exact) mass is 287 g/mol. The molecule has 1 N–H and O–H groups in total. The maximum Gasteiger partial charge on any atom is 0.335 e. The van der Waals surface area contributed by atoms with Crippen molar-refractivity contribution in [3.8, 4) is 0 Å². The zero-order valence-electron chi connectivity index (χ0n) is 9.51. The van der Waals surface area contributed by atoms with Crippen molar-refractivity contribution in [1.82, 2.24) is 4.98 Å². The zero-order valence-corrected chi connectivity index (χ0v) is 11.1. The first-order chi connectivity index (χ1) is 8.56. The van der Waals surface area contributed by atoms with E-state index in [2.05, 4.69) is 14.5 Å². The van der Waals surface area contributed by atoms with Gasteiger partial charge in [0.1, 0.15) is 5.25 Å². The molecule has 0 aliphatic carbocycles. The fraction of sp³-hybridized carbons (Fsp3) is 0.300. The number of hydrogen-bond donors (Lipinski definition) is 1. The van der Waals surface area contributed by atoms with E-state index in [9.17, 15) is 14.4 Å². The Kier molecular flexibility index (Phi) is 3.58. The van der Waals surface area contributed by atoms with Crippen molar-refractivity contribution in [2.75, 3.05) is 14.2 Å². The van der Waals surface area contributed by atoms with Crippen molar-refractivity contribution in [3.05, 3.63) is 20.1 Å². The lowest BCUT2D eigenvalue weighted by Gasteiger charge is -2.19. The Hall–Kier alpha value is -1.54. The summed E-state index contributed by atoms with van der Waals surface area (Å²) < 4.78 is 9.26. The highest BCUT2D eigenvalue weighted by molar-refractivity contribution is 8.01. The van der Waals surface area contributed by atoms with Crippen LogP contribution in [-0.2, 0) is 19.1 Å². The van der Waals surface area contributed by atoms with E-state index in [1.807, 2.05) is 0 Å². The van der Waals surface area contributed by atoms with Crippen LogP contribution in [-0.4, -0.2) is 36.4 Å². The molecule has 0 fully saturated rings. The fourth-order valence-electron chi connectivity index (χ4n) is 1.47. The van der Waals surface area contributed by atoms with E-state index in [-0.39, 0.29) is 10.4 Å². The number of aromatic nitrogens is 1. The lowest BCUT2D eigenvalue weighted by Crippen LogP contribution is -2.27. The first kappa shape index (κ1) is 12.9. The second-order valence-corrected chi connectivity index (χ2v) is 5.45. The summed E-state index contributed by atoms with van der Waals surface area (Å²) in [6, 6.07) is 0. The Balaban J connectivity index is 2.48. The quantitative estimate of drug-likeness (QED) is 0.803. The Morgan fingerprint density at radius 3 is 2.67 bits per heavy atom. The number of esters is 2. The number of nitrogens with one attached hydrogen (secondary N) is 1. The molecule has 0 radical (unpaired) electrons. The van der Waals surface area contributed by atoms with Crippen LogP contribution in [0, 0.1) is 0 Å². The van der Waals surface area contributed by atoms with E-state index in [0.717, 1.165) is 23.1 Å². The molecule has 6 nitrogen and oxygen atoms in total. The number of carbonyl (C=O) groups is 2. The first-order valence-corrected chi connectivity index (χ1v) is 6.54. The van der Waals surface area contributed by atoms with Gasteiger partial charge in [-0.2, -0.15) is 0 Å². The van der Waals surface area contributed by atoms with E-state index < -0.39 is 17.2 Å². The van der Waals surface area contributed by atoms with E-state index in [1.54, 1.807) is 0 Å². The number of hydrogen-bond acceptors (Lipinski definition) is 7. The van der Waals surface area contributed by atoms with Crippen LogP contribution in [0.4, 0.5) is 0 Å². The average molecular weight is 287 g/mol. The minimum Gasteiger partial charge on any atom is -0.468 e.